The Morgan fingerprint density at radius 2 is 1.90 bits per heavy atom. The van der Waals surface area contributed by atoms with E-state index in [1.165, 1.54) is 12.1 Å². The monoisotopic (exact) mass is 449 g/mol. The van der Waals surface area contributed by atoms with Gasteiger partial charge in [0.15, 0.2) is 5.78 Å². The van der Waals surface area contributed by atoms with Crippen molar-refractivity contribution < 1.29 is 27.9 Å². The number of ketones is 1. The number of carbonyl (C=O) groups excluding carboxylic acids is 3. The van der Waals surface area contributed by atoms with Crippen molar-refractivity contribution in [3.63, 3.8) is 0 Å². The van der Waals surface area contributed by atoms with E-state index in [0.29, 0.717) is 29.5 Å². The average Bonchev–Trinajstić information content (AvgIpc) is 3.05. The van der Waals surface area contributed by atoms with E-state index in [2.05, 4.69) is 0 Å². The molecule has 2 atom stereocenters. The highest BCUT2D eigenvalue weighted by Gasteiger charge is 2.43. The van der Waals surface area contributed by atoms with Gasteiger partial charge >= 0.3 is 11.9 Å². The molecule has 2 N–H and O–H groups in total. The Balaban J connectivity index is 1.70. The Bertz CT molecular complexity index is 1010. The van der Waals surface area contributed by atoms with E-state index >= 15 is 0 Å². The van der Waals surface area contributed by atoms with Gasteiger partial charge in [-0.2, -0.15) is 8.78 Å². The molecular formula is C23H22ClF2NO4. The summed E-state index contributed by atoms with van der Waals surface area (Å²) in [6.07, 6.45) is 1.57. The van der Waals surface area contributed by atoms with Gasteiger partial charge in [-0.3, -0.25) is 9.59 Å². The molecule has 2 unspecified atom stereocenters. The Labute approximate surface area is 183 Å². The molecule has 0 saturated carbocycles. The minimum absolute atomic E-state index is 0.148. The van der Waals surface area contributed by atoms with E-state index in [0.717, 1.165) is 18.6 Å². The normalized spacial score (nSPS) is 16.6. The van der Waals surface area contributed by atoms with Gasteiger partial charge in [-0.1, -0.05) is 55.3 Å². The number of benzene rings is 2. The van der Waals surface area contributed by atoms with Crippen LogP contribution in [0.2, 0.25) is 5.02 Å². The van der Waals surface area contributed by atoms with E-state index in [-0.39, 0.29) is 17.4 Å². The molecule has 3 rings (SSSR count). The summed E-state index contributed by atoms with van der Waals surface area (Å²) in [4.78, 5) is 36.5. The third kappa shape index (κ3) is 4.77. The average molecular weight is 450 g/mol. The summed E-state index contributed by atoms with van der Waals surface area (Å²) in [6.45, 7) is 1.54. The number of nitrogens with two attached hydrogens (primary N) is 1. The maximum absolute atomic E-state index is 14.3. The first kappa shape index (κ1) is 22.9. The minimum Gasteiger partial charge on any atom is -0.456 e. The van der Waals surface area contributed by atoms with Crippen LogP contribution in [-0.4, -0.2) is 17.7 Å². The Morgan fingerprint density at radius 3 is 2.52 bits per heavy atom. The standard InChI is InChI=1S/C23H22ClF2NO4/c1-2-3-18(21(27)29)19-11-14-10-13(4-9-17(14)20(19)28)12-31-22(30)23(25,26)15-5-7-16(24)8-6-15/h4-10,18-19H,2-3,11-12H2,1H3,(H2,27,29). The molecule has 164 valence electrons. The molecule has 0 radical (unpaired) electrons. The molecule has 0 bridgehead atoms. The van der Waals surface area contributed by atoms with E-state index < -0.39 is 35.2 Å². The molecule has 0 aliphatic heterocycles. The highest BCUT2D eigenvalue weighted by Crippen LogP contribution is 2.35. The van der Waals surface area contributed by atoms with Gasteiger partial charge in [0.05, 0.1) is 0 Å². The van der Waals surface area contributed by atoms with Crippen LogP contribution < -0.4 is 5.73 Å². The van der Waals surface area contributed by atoms with Gasteiger partial charge in [0, 0.05) is 28.0 Å². The number of amides is 1. The van der Waals surface area contributed by atoms with Crippen LogP contribution in [0.3, 0.4) is 0 Å². The van der Waals surface area contributed by atoms with Crippen LogP contribution in [0, 0.1) is 11.8 Å². The third-order valence-electron chi connectivity index (χ3n) is 5.50. The molecular weight excluding hydrogens is 428 g/mol. The fourth-order valence-electron chi connectivity index (χ4n) is 3.87. The van der Waals surface area contributed by atoms with Crippen molar-refractivity contribution in [2.24, 2.45) is 17.6 Å². The molecule has 1 aliphatic carbocycles. The summed E-state index contributed by atoms with van der Waals surface area (Å²) >= 11 is 5.69. The lowest BCUT2D eigenvalue weighted by atomic mass is 9.85. The number of hydrogen-bond acceptors (Lipinski definition) is 4. The zero-order valence-electron chi connectivity index (χ0n) is 16.9. The number of fused-ring (bicyclic) bond motifs is 1. The second-order valence-corrected chi connectivity index (χ2v) is 8.06. The third-order valence-corrected chi connectivity index (χ3v) is 5.75. The van der Waals surface area contributed by atoms with Crippen LogP contribution in [0.25, 0.3) is 0 Å². The largest absolute Gasteiger partial charge is 0.456 e. The molecule has 0 spiro atoms. The number of hydrogen-bond donors (Lipinski definition) is 1. The molecule has 0 fully saturated rings. The Kier molecular flexibility index (Phi) is 6.74. The number of esters is 1. The fraction of sp³-hybridized carbons (Fsp3) is 0.348. The summed E-state index contributed by atoms with van der Waals surface area (Å²) in [5.74, 6) is -7.24. The molecule has 8 heteroatoms. The number of carbonyl (C=O) groups is 3. The molecule has 1 amide bonds. The molecule has 0 saturated heterocycles. The number of ether oxygens (including phenoxy) is 1. The van der Waals surface area contributed by atoms with E-state index in [1.807, 2.05) is 6.92 Å². The van der Waals surface area contributed by atoms with Crippen molar-refractivity contribution >= 4 is 29.3 Å². The highest BCUT2D eigenvalue weighted by molar-refractivity contribution is 6.30. The maximum atomic E-state index is 14.3. The Morgan fingerprint density at radius 1 is 1.23 bits per heavy atom. The number of Topliss-reactive ketones (excluding diaryl/α,β-unsaturated/α-hetero) is 1. The number of alkyl halides is 2. The summed E-state index contributed by atoms with van der Waals surface area (Å²) in [6, 6.07) is 9.43. The van der Waals surface area contributed by atoms with Gasteiger partial charge in [-0.05, 0) is 36.1 Å². The molecule has 1 aliphatic rings. The summed E-state index contributed by atoms with van der Waals surface area (Å²) < 4.78 is 33.5. The first-order valence-electron chi connectivity index (χ1n) is 9.91. The lowest BCUT2D eigenvalue weighted by Crippen LogP contribution is -2.33. The number of primary amides is 1. The van der Waals surface area contributed by atoms with Crippen molar-refractivity contribution in [3.05, 3.63) is 69.7 Å². The van der Waals surface area contributed by atoms with E-state index in [9.17, 15) is 23.2 Å². The molecule has 2 aromatic carbocycles. The molecule has 31 heavy (non-hydrogen) atoms. The molecule has 0 heterocycles. The van der Waals surface area contributed by atoms with Gasteiger partial charge < -0.3 is 10.5 Å². The van der Waals surface area contributed by atoms with Crippen LogP contribution in [0.4, 0.5) is 8.78 Å². The van der Waals surface area contributed by atoms with E-state index in [1.54, 1.807) is 18.2 Å². The van der Waals surface area contributed by atoms with Gasteiger partial charge in [0.2, 0.25) is 5.91 Å². The van der Waals surface area contributed by atoms with Crippen molar-refractivity contribution in [1.82, 2.24) is 0 Å². The zero-order chi connectivity index (χ0) is 22.8. The SMILES string of the molecule is CCCC(C(N)=O)C1Cc2cc(COC(=O)C(F)(F)c3ccc(Cl)cc3)ccc2C1=O. The summed E-state index contributed by atoms with van der Waals surface area (Å²) in [5.41, 5.74) is 6.61. The fourth-order valence-corrected chi connectivity index (χ4v) is 4.00. The number of halogens is 3. The van der Waals surface area contributed by atoms with Crippen LogP contribution in [-0.2, 0) is 33.3 Å². The number of rotatable bonds is 8. The van der Waals surface area contributed by atoms with Gasteiger partial charge in [0.1, 0.15) is 6.61 Å². The van der Waals surface area contributed by atoms with Gasteiger partial charge in [0.25, 0.3) is 0 Å². The van der Waals surface area contributed by atoms with Crippen molar-refractivity contribution in [2.75, 3.05) is 0 Å². The molecule has 0 aromatic heterocycles. The van der Waals surface area contributed by atoms with Gasteiger partial charge in [-0.15, -0.1) is 0 Å². The first-order valence-corrected chi connectivity index (χ1v) is 10.3. The quantitative estimate of drug-likeness (QED) is 0.604. The zero-order valence-corrected chi connectivity index (χ0v) is 17.6. The maximum Gasteiger partial charge on any atom is 0.382 e. The predicted octanol–water partition coefficient (Wildman–Crippen LogP) is 4.43. The second kappa shape index (κ2) is 9.14. The van der Waals surface area contributed by atoms with Crippen molar-refractivity contribution in [3.8, 4) is 0 Å². The lowest BCUT2D eigenvalue weighted by Gasteiger charge is -2.18. The van der Waals surface area contributed by atoms with Crippen molar-refractivity contribution in [1.29, 1.82) is 0 Å². The second-order valence-electron chi connectivity index (χ2n) is 7.62. The summed E-state index contributed by atoms with van der Waals surface area (Å²) in [7, 11) is 0. The van der Waals surface area contributed by atoms with Crippen LogP contribution in [0.1, 0.15) is 46.8 Å². The van der Waals surface area contributed by atoms with Gasteiger partial charge in [-0.25, -0.2) is 4.79 Å². The van der Waals surface area contributed by atoms with Crippen LogP contribution >= 0.6 is 11.6 Å². The topological polar surface area (TPSA) is 86.5 Å². The molecule has 5 nitrogen and oxygen atoms in total. The van der Waals surface area contributed by atoms with E-state index in [4.69, 9.17) is 22.1 Å². The molecule has 2 aromatic rings. The highest BCUT2D eigenvalue weighted by atomic mass is 35.5. The van der Waals surface area contributed by atoms with Crippen molar-refractivity contribution in [2.45, 2.75) is 38.7 Å². The smallest absolute Gasteiger partial charge is 0.382 e. The predicted molar refractivity (Wildman–Crippen MR) is 111 cm³/mol. The van der Waals surface area contributed by atoms with Crippen LogP contribution in [0.15, 0.2) is 42.5 Å². The minimum atomic E-state index is -3.82. The van der Waals surface area contributed by atoms with Crippen LogP contribution in [0.5, 0.6) is 0 Å². The first-order chi connectivity index (χ1) is 14.6. The Hall–Kier alpha value is -2.80. The lowest BCUT2D eigenvalue weighted by molar-refractivity contribution is -0.175. The summed E-state index contributed by atoms with van der Waals surface area (Å²) in [5, 5.41) is 0.274.